The zero-order chi connectivity index (χ0) is 13.8. The molecule has 2 N–H and O–H groups in total. The monoisotopic (exact) mass is 362 g/mol. The van der Waals surface area contributed by atoms with E-state index in [0.717, 1.165) is 22.1 Å². The number of halogens is 2. The summed E-state index contributed by atoms with van der Waals surface area (Å²) in [7, 11) is 0. The summed E-state index contributed by atoms with van der Waals surface area (Å²) in [5, 5.41) is 6.15. The SMILES string of the molecule is Cc1cc(Br)ccc1CNC(=O)[C@H]1NCCO[C@@H]1C.Cl. The van der Waals surface area contributed by atoms with Gasteiger partial charge in [0.15, 0.2) is 0 Å². The highest BCUT2D eigenvalue weighted by Gasteiger charge is 2.27. The van der Waals surface area contributed by atoms with Crippen molar-refractivity contribution in [2.45, 2.75) is 32.5 Å². The van der Waals surface area contributed by atoms with Crippen LogP contribution >= 0.6 is 28.3 Å². The molecule has 0 saturated carbocycles. The summed E-state index contributed by atoms with van der Waals surface area (Å²) >= 11 is 3.43. The molecule has 0 aromatic heterocycles. The standard InChI is InChI=1S/C14H19BrN2O2.ClH/c1-9-7-12(15)4-3-11(9)8-17-14(18)13-10(2)19-6-5-16-13;/h3-4,7,10,13,16H,5-6,8H2,1-2H3,(H,17,18);1H/t10-,13+;/m1./s1. The number of carbonyl (C=O) groups excluding carboxylic acids is 1. The number of nitrogens with one attached hydrogen (secondary N) is 2. The fraction of sp³-hybridized carbons (Fsp3) is 0.500. The third kappa shape index (κ3) is 4.45. The van der Waals surface area contributed by atoms with E-state index in [9.17, 15) is 4.79 Å². The average molecular weight is 364 g/mol. The van der Waals surface area contributed by atoms with Gasteiger partial charge in [-0.2, -0.15) is 0 Å². The summed E-state index contributed by atoms with van der Waals surface area (Å²) in [6, 6.07) is 5.79. The molecule has 1 aromatic rings. The van der Waals surface area contributed by atoms with E-state index in [1.54, 1.807) is 0 Å². The fourth-order valence-corrected chi connectivity index (χ4v) is 2.65. The lowest BCUT2D eigenvalue weighted by Gasteiger charge is -2.29. The number of hydrogen-bond acceptors (Lipinski definition) is 3. The number of hydrogen-bond donors (Lipinski definition) is 2. The quantitative estimate of drug-likeness (QED) is 0.865. The van der Waals surface area contributed by atoms with Crippen molar-refractivity contribution in [3.63, 3.8) is 0 Å². The van der Waals surface area contributed by atoms with Crippen LogP contribution in [-0.2, 0) is 16.1 Å². The van der Waals surface area contributed by atoms with E-state index >= 15 is 0 Å². The molecule has 1 aliphatic rings. The first-order valence-corrected chi connectivity index (χ1v) is 7.25. The van der Waals surface area contributed by atoms with Crippen LogP contribution in [0.15, 0.2) is 22.7 Å². The Hall–Kier alpha value is -0.620. The Labute approximate surface area is 134 Å². The van der Waals surface area contributed by atoms with Crippen molar-refractivity contribution in [1.29, 1.82) is 0 Å². The van der Waals surface area contributed by atoms with Gasteiger partial charge in [-0.1, -0.05) is 22.0 Å². The van der Waals surface area contributed by atoms with Crippen molar-refractivity contribution in [2.24, 2.45) is 0 Å². The maximum absolute atomic E-state index is 12.1. The molecule has 0 radical (unpaired) electrons. The second kappa shape index (κ2) is 7.98. The molecule has 1 amide bonds. The number of carbonyl (C=O) groups is 1. The van der Waals surface area contributed by atoms with E-state index in [1.165, 1.54) is 0 Å². The summed E-state index contributed by atoms with van der Waals surface area (Å²) < 4.78 is 6.53. The van der Waals surface area contributed by atoms with E-state index in [2.05, 4.69) is 26.6 Å². The van der Waals surface area contributed by atoms with Gasteiger partial charge in [0.2, 0.25) is 5.91 Å². The minimum absolute atomic E-state index is 0. The van der Waals surface area contributed by atoms with E-state index in [4.69, 9.17) is 4.74 Å². The lowest BCUT2D eigenvalue weighted by Crippen LogP contribution is -2.55. The zero-order valence-corrected chi connectivity index (χ0v) is 14.0. The Morgan fingerprint density at radius 2 is 2.30 bits per heavy atom. The molecule has 4 nitrogen and oxygen atoms in total. The van der Waals surface area contributed by atoms with Crippen molar-refractivity contribution in [2.75, 3.05) is 13.2 Å². The van der Waals surface area contributed by atoms with E-state index in [0.29, 0.717) is 13.2 Å². The third-order valence-electron chi connectivity index (χ3n) is 3.36. The molecule has 0 bridgehead atoms. The predicted molar refractivity (Wildman–Crippen MR) is 85.2 cm³/mol. The average Bonchev–Trinajstić information content (AvgIpc) is 2.38. The summed E-state index contributed by atoms with van der Waals surface area (Å²) in [5.41, 5.74) is 2.29. The third-order valence-corrected chi connectivity index (χ3v) is 3.85. The first-order chi connectivity index (χ1) is 9.08. The van der Waals surface area contributed by atoms with Gasteiger partial charge in [-0.3, -0.25) is 4.79 Å². The van der Waals surface area contributed by atoms with Crippen LogP contribution in [0.2, 0.25) is 0 Å². The van der Waals surface area contributed by atoms with Crippen LogP contribution in [0.5, 0.6) is 0 Å². The second-order valence-corrected chi connectivity index (χ2v) is 5.71. The highest BCUT2D eigenvalue weighted by atomic mass is 79.9. The number of morpholine rings is 1. The Kier molecular flexibility index (Phi) is 6.95. The Morgan fingerprint density at radius 3 is 2.95 bits per heavy atom. The topological polar surface area (TPSA) is 50.4 Å². The molecule has 2 rings (SSSR count). The Morgan fingerprint density at radius 1 is 1.55 bits per heavy atom. The molecule has 6 heteroatoms. The Balaban J connectivity index is 0.00000200. The van der Waals surface area contributed by atoms with Gasteiger partial charge in [-0.05, 0) is 37.1 Å². The van der Waals surface area contributed by atoms with Crippen molar-refractivity contribution < 1.29 is 9.53 Å². The molecule has 20 heavy (non-hydrogen) atoms. The van der Waals surface area contributed by atoms with Crippen LogP contribution in [0.25, 0.3) is 0 Å². The maximum atomic E-state index is 12.1. The van der Waals surface area contributed by atoms with Gasteiger partial charge in [0.25, 0.3) is 0 Å². The van der Waals surface area contributed by atoms with E-state index < -0.39 is 0 Å². The summed E-state index contributed by atoms with van der Waals surface area (Å²) in [5.74, 6) is -0.00508. The number of amides is 1. The smallest absolute Gasteiger partial charge is 0.240 e. The van der Waals surface area contributed by atoms with E-state index in [1.807, 2.05) is 32.0 Å². The van der Waals surface area contributed by atoms with Gasteiger partial charge in [0.05, 0.1) is 12.7 Å². The first-order valence-electron chi connectivity index (χ1n) is 6.45. The van der Waals surface area contributed by atoms with Crippen molar-refractivity contribution in [3.8, 4) is 0 Å². The van der Waals surface area contributed by atoms with Crippen LogP contribution in [-0.4, -0.2) is 31.2 Å². The van der Waals surface area contributed by atoms with Gasteiger partial charge in [-0.25, -0.2) is 0 Å². The molecular formula is C14H20BrClN2O2. The number of ether oxygens (including phenoxy) is 1. The summed E-state index contributed by atoms with van der Waals surface area (Å²) in [4.78, 5) is 12.1. The zero-order valence-electron chi connectivity index (χ0n) is 11.6. The second-order valence-electron chi connectivity index (χ2n) is 4.80. The molecular weight excluding hydrogens is 344 g/mol. The van der Waals surface area contributed by atoms with Crippen LogP contribution in [0.3, 0.4) is 0 Å². The van der Waals surface area contributed by atoms with Gasteiger partial charge < -0.3 is 15.4 Å². The largest absolute Gasteiger partial charge is 0.375 e. The van der Waals surface area contributed by atoms with E-state index in [-0.39, 0.29) is 30.5 Å². The lowest BCUT2D eigenvalue weighted by atomic mass is 10.1. The molecule has 0 aliphatic carbocycles. The summed E-state index contributed by atoms with van der Waals surface area (Å²) in [6.45, 7) is 5.89. The van der Waals surface area contributed by atoms with Crippen LogP contribution < -0.4 is 10.6 Å². The fourth-order valence-electron chi connectivity index (χ4n) is 2.18. The van der Waals surface area contributed by atoms with Crippen LogP contribution in [0, 0.1) is 6.92 Å². The predicted octanol–water partition coefficient (Wildman–Crippen LogP) is 2.17. The Bertz CT molecular complexity index is 470. The minimum Gasteiger partial charge on any atom is -0.375 e. The van der Waals surface area contributed by atoms with Gasteiger partial charge in [0, 0.05) is 17.6 Å². The number of rotatable bonds is 3. The van der Waals surface area contributed by atoms with Crippen molar-refractivity contribution >= 4 is 34.2 Å². The normalized spacial score (nSPS) is 21.9. The highest BCUT2D eigenvalue weighted by molar-refractivity contribution is 9.10. The highest BCUT2D eigenvalue weighted by Crippen LogP contribution is 2.15. The molecule has 2 atom stereocenters. The van der Waals surface area contributed by atoms with Crippen LogP contribution in [0.1, 0.15) is 18.1 Å². The van der Waals surface area contributed by atoms with Gasteiger partial charge >= 0.3 is 0 Å². The molecule has 1 fully saturated rings. The minimum atomic E-state index is -0.260. The molecule has 1 saturated heterocycles. The van der Waals surface area contributed by atoms with Crippen molar-refractivity contribution in [3.05, 3.63) is 33.8 Å². The molecule has 112 valence electrons. The van der Waals surface area contributed by atoms with Gasteiger partial charge in [-0.15, -0.1) is 12.4 Å². The van der Waals surface area contributed by atoms with Crippen LogP contribution in [0.4, 0.5) is 0 Å². The number of benzene rings is 1. The van der Waals surface area contributed by atoms with Gasteiger partial charge in [0.1, 0.15) is 6.04 Å². The molecule has 0 spiro atoms. The van der Waals surface area contributed by atoms with Crippen molar-refractivity contribution in [1.82, 2.24) is 10.6 Å². The molecule has 0 unspecified atom stereocenters. The first kappa shape index (κ1) is 17.4. The molecule has 1 aromatic carbocycles. The molecule has 1 aliphatic heterocycles. The maximum Gasteiger partial charge on any atom is 0.240 e. The number of aryl methyl sites for hydroxylation is 1. The summed E-state index contributed by atoms with van der Waals surface area (Å²) in [6.07, 6.45) is -0.0836. The molecule has 1 heterocycles. The lowest BCUT2D eigenvalue weighted by molar-refractivity contribution is -0.129.